The molecule has 3 heteroatoms. The molecule has 18 heavy (non-hydrogen) atoms. The maximum absolute atomic E-state index is 9.78. The van der Waals surface area contributed by atoms with Crippen molar-refractivity contribution in [2.45, 2.75) is 33.3 Å². The molecule has 1 aromatic carbocycles. The number of aliphatic hydroxyl groups excluding tert-OH is 1. The summed E-state index contributed by atoms with van der Waals surface area (Å²) < 4.78 is 5.59. The van der Waals surface area contributed by atoms with Crippen LogP contribution in [0.1, 0.15) is 25.8 Å². The van der Waals surface area contributed by atoms with Gasteiger partial charge in [-0.25, -0.2) is 0 Å². The molecule has 0 radical (unpaired) electrons. The normalized spacial score (nSPS) is 12.7. The standard InChI is InChI=1S/C15H25NO2/c1-12(2)8-9-16-10-14(17)11-18-15-7-5-4-6-13(15)3/h4-7,12,14,16-17H,8-11H2,1-3H3/t14-/m1/s1. The summed E-state index contributed by atoms with van der Waals surface area (Å²) >= 11 is 0. The van der Waals surface area contributed by atoms with Gasteiger partial charge in [-0.3, -0.25) is 0 Å². The van der Waals surface area contributed by atoms with Crippen molar-refractivity contribution in [3.63, 3.8) is 0 Å². The quantitative estimate of drug-likeness (QED) is 0.697. The van der Waals surface area contributed by atoms with Gasteiger partial charge in [0.1, 0.15) is 18.5 Å². The molecule has 3 nitrogen and oxygen atoms in total. The van der Waals surface area contributed by atoms with Crippen LogP contribution in [0, 0.1) is 12.8 Å². The van der Waals surface area contributed by atoms with Crippen molar-refractivity contribution in [3.8, 4) is 5.75 Å². The van der Waals surface area contributed by atoms with E-state index in [4.69, 9.17) is 4.74 Å². The Bertz CT molecular complexity index is 339. The van der Waals surface area contributed by atoms with E-state index >= 15 is 0 Å². The molecule has 1 aromatic rings. The first kappa shape index (κ1) is 15.0. The lowest BCUT2D eigenvalue weighted by atomic mass is 10.1. The Balaban J connectivity index is 2.17. The Morgan fingerprint density at radius 2 is 2.00 bits per heavy atom. The van der Waals surface area contributed by atoms with Crippen molar-refractivity contribution >= 4 is 0 Å². The lowest BCUT2D eigenvalue weighted by Crippen LogP contribution is -2.32. The van der Waals surface area contributed by atoms with Crippen molar-refractivity contribution in [1.29, 1.82) is 0 Å². The molecule has 0 saturated carbocycles. The van der Waals surface area contributed by atoms with Crippen LogP contribution >= 0.6 is 0 Å². The van der Waals surface area contributed by atoms with E-state index in [0.29, 0.717) is 19.1 Å². The average molecular weight is 251 g/mol. The van der Waals surface area contributed by atoms with E-state index in [-0.39, 0.29) is 0 Å². The number of nitrogens with one attached hydrogen (secondary N) is 1. The first-order valence-corrected chi connectivity index (χ1v) is 6.66. The molecule has 2 N–H and O–H groups in total. The molecule has 1 atom stereocenters. The first-order chi connectivity index (χ1) is 8.59. The summed E-state index contributed by atoms with van der Waals surface area (Å²) in [6.45, 7) is 8.25. The maximum atomic E-state index is 9.78. The van der Waals surface area contributed by atoms with Gasteiger partial charge < -0.3 is 15.2 Å². The smallest absolute Gasteiger partial charge is 0.122 e. The van der Waals surface area contributed by atoms with Gasteiger partial charge in [0.15, 0.2) is 0 Å². The molecule has 0 aliphatic heterocycles. The van der Waals surface area contributed by atoms with E-state index in [2.05, 4.69) is 19.2 Å². The zero-order chi connectivity index (χ0) is 13.4. The molecule has 0 unspecified atom stereocenters. The van der Waals surface area contributed by atoms with Crippen LogP contribution in [0.15, 0.2) is 24.3 Å². The van der Waals surface area contributed by atoms with Crippen LogP contribution in [0.25, 0.3) is 0 Å². The number of hydrogen-bond acceptors (Lipinski definition) is 3. The zero-order valence-corrected chi connectivity index (χ0v) is 11.6. The molecule has 0 aliphatic carbocycles. The minimum absolute atomic E-state index is 0.333. The SMILES string of the molecule is Cc1ccccc1OC[C@H](O)CNCCC(C)C. The van der Waals surface area contributed by atoms with Gasteiger partial charge in [0, 0.05) is 6.54 Å². The second-order valence-corrected chi connectivity index (χ2v) is 5.12. The number of ether oxygens (including phenoxy) is 1. The van der Waals surface area contributed by atoms with Crippen molar-refractivity contribution in [1.82, 2.24) is 5.32 Å². The highest BCUT2D eigenvalue weighted by Crippen LogP contribution is 2.16. The summed E-state index contributed by atoms with van der Waals surface area (Å²) in [4.78, 5) is 0. The lowest BCUT2D eigenvalue weighted by molar-refractivity contribution is 0.106. The first-order valence-electron chi connectivity index (χ1n) is 6.66. The zero-order valence-electron chi connectivity index (χ0n) is 11.6. The summed E-state index contributed by atoms with van der Waals surface area (Å²) in [5.41, 5.74) is 1.09. The predicted molar refractivity (Wildman–Crippen MR) is 75.0 cm³/mol. The number of hydrogen-bond donors (Lipinski definition) is 2. The van der Waals surface area contributed by atoms with E-state index in [0.717, 1.165) is 24.3 Å². The highest BCUT2D eigenvalue weighted by atomic mass is 16.5. The summed E-state index contributed by atoms with van der Waals surface area (Å²) in [6.07, 6.45) is 0.669. The van der Waals surface area contributed by atoms with Crippen LogP contribution in [0.5, 0.6) is 5.75 Å². The molecule has 1 rings (SSSR count). The van der Waals surface area contributed by atoms with E-state index < -0.39 is 6.10 Å². The van der Waals surface area contributed by atoms with E-state index in [9.17, 15) is 5.11 Å². The summed E-state index contributed by atoms with van der Waals surface area (Å²) in [7, 11) is 0. The highest BCUT2D eigenvalue weighted by Gasteiger charge is 2.06. The minimum atomic E-state index is -0.461. The molecule has 0 aliphatic rings. The number of benzene rings is 1. The fourth-order valence-electron chi connectivity index (χ4n) is 1.62. The molecule has 0 aromatic heterocycles. The van der Waals surface area contributed by atoms with Gasteiger partial charge >= 0.3 is 0 Å². The Hall–Kier alpha value is -1.06. The van der Waals surface area contributed by atoms with Gasteiger partial charge in [0.25, 0.3) is 0 Å². The van der Waals surface area contributed by atoms with Gasteiger partial charge in [0.2, 0.25) is 0 Å². The molecule has 0 spiro atoms. The number of aryl methyl sites for hydroxylation is 1. The minimum Gasteiger partial charge on any atom is -0.491 e. The van der Waals surface area contributed by atoms with Crippen LogP contribution < -0.4 is 10.1 Å². The molecular weight excluding hydrogens is 226 g/mol. The Labute approximate surface area is 110 Å². The number of aliphatic hydroxyl groups is 1. The van der Waals surface area contributed by atoms with Gasteiger partial charge in [-0.05, 0) is 37.4 Å². The van der Waals surface area contributed by atoms with Crippen molar-refractivity contribution in [2.24, 2.45) is 5.92 Å². The maximum Gasteiger partial charge on any atom is 0.122 e. The third-order valence-electron chi connectivity index (χ3n) is 2.80. The third-order valence-corrected chi connectivity index (χ3v) is 2.80. The topological polar surface area (TPSA) is 41.5 Å². The van der Waals surface area contributed by atoms with Gasteiger partial charge in [0.05, 0.1) is 0 Å². The van der Waals surface area contributed by atoms with Gasteiger partial charge in [-0.1, -0.05) is 32.0 Å². The second kappa shape index (κ2) is 8.11. The Morgan fingerprint density at radius 3 is 2.67 bits per heavy atom. The molecule has 0 heterocycles. The molecule has 0 saturated heterocycles. The lowest BCUT2D eigenvalue weighted by Gasteiger charge is -2.14. The molecular formula is C15H25NO2. The Morgan fingerprint density at radius 1 is 1.28 bits per heavy atom. The third kappa shape index (κ3) is 6.03. The molecule has 0 fully saturated rings. The van der Waals surface area contributed by atoms with Crippen LogP contribution in [0.4, 0.5) is 0 Å². The monoisotopic (exact) mass is 251 g/mol. The van der Waals surface area contributed by atoms with Crippen molar-refractivity contribution < 1.29 is 9.84 Å². The molecule has 0 bridgehead atoms. The number of para-hydroxylation sites is 1. The number of rotatable bonds is 8. The van der Waals surface area contributed by atoms with Gasteiger partial charge in [-0.15, -0.1) is 0 Å². The Kier molecular flexibility index (Phi) is 6.76. The van der Waals surface area contributed by atoms with E-state index in [1.807, 2.05) is 31.2 Å². The predicted octanol–water partition coefficient (Wildman–Crippen LogP) is 2.37. The summed E-state index contributed by atoms with van der Waals surface area (Å²) in [5, 5.41) is 13.0. The fraction of sp³-hybridized carbons (Fsp3) is 0.600. The molecule has 0 amide bonds. The van der Waals surface area contributed by atoms with Crippen molar-refractivity contribution in [2.75, 3.05) is 19.7 Å². The van der Waals surface area contributed by atoms with Crippen LogP contribution in [0.3, 0.4) is 0 Å². The summed E-state index contributed by atoms with van der Waals surface area (Å²) in [5.74, 6) is 1.54. The second-order valence-electron chi connectivity index (χ2n) is 5.12. The fourth-order valence-corrected chi connectivity index (χ4v) is 1.62. The van der Waals surface area contributed by atoms with E-state index in [1.54, 1.807) is 0 Å². The van der Waals surface area contributed by atoms with E-state index in [1.165, 1.54) is 0 Å². The van der Waals surface area contributed by atoms with Crippen LogP contribution in [-0.4, -0.2) is 30.9 Å². The van der Waals surface area contributed by atoms with Crippen molar-refractivity contribution in [3.05, 3.63) is 29.8 Å². The van der Waals surface area contributed by atoms with Gasteiger partial charge in [-0.2, -0.15) is 0 Å². The van der Waals surface area contributed by atoms with Crippen LogP contribution in [-0.2, 0) is 0 Å². The molecule has 102 valence electrons. The highest BCUT2D eigenvalue weighted by molar-refractivity contribution is 5.31. The van der Waals surface area contributed by atoms with Crippen LogP contribution in [0.2, 0.25) is 0 Å². The summed E-state index contributed by atoms with van der Waals surface area (Å²) in [6, 6.07) is 7.85. The average Bonchev–Trinajstić information content (AvgIpc) is 2.33. The largest absolute Gasteiger partial charge is 0.491 e.